The van der Waals surface area contributed by atoms with Crippen LogP contribution in [0.4, 0.5) is 5.69 Å². The molecule has 0 unspecified atom stereocenters. The number of para-hydroxylation sites is 1. The number of carbonyl (C=O) groups is 1. The van der Waals surface area contributed by atoms with Crippen LogP contribution >= 0.6 is 11.6 Å². The van der Waals surface area contributed by atoms with Crippen molar-refractivity contribution < 1.29 is 10.1 Å². The highest BCUT2D eigenvalue weighted by atomic mass is 35.5. The van der Waals surface area contributed by atoms with Gasteiger partial charge in [-0.3, -0.25) is 4.79 Å². The molecule has 1 aliphatic heterocycles. The highest BCUT2D eigenvalue weighted by Crippen LogP contribution is 2.16. The minimum absolute atomic E-state index is 0.216. The van der Waals surface area contributed by atoms with E-state index >= 15 is 0 Å². The number of carbonyl (C=O) groups excluding carboxylic acids is 1. The summed E-state index contributed by atoms with van der Waals surface area (Å²) in [6, 6.07) is 18.5. The minimum atomic E-state index is 0.216. The van der Waals surface area contributed by atoms with Gasteiger partial charge < -0.3 is 15.1 Å². The van der Waals surface area contributed by atoms with Gasteiger partial charge in [0, 0.05) is 42.5 Å². The van der Waals surface area contributed by atoms with Crippen molar-refractivity contribution in [1.29, 1.82) is 0 Å². The van der Waals surface area contributed by atoms with Crippen LogP contribution < -0.4 is 10.2 Å². The summed E-state index contributed by atoms with van der Waals surface area (Å²) in [5.74, 6) is 0.216. The average molecular weight is 359 g/mol. The van der Waals surface area contributed by atoms with E-state index in [9.17, 15) is 4.79 Å². The number of benzene rings is 2. The fraction of sp³-hybridized carbons (Fsp3) is 0.350. The van der Waals surface area contributed by atoms with E-state index in [0.717, 1.165) is 31.2 Å². The Morgan fingerprint density at radius 2 is 1.68 bits per heavy atom. The molecule has 1 amide bonds. The summed E-state index contributed by atoms with van der Waals surface area (Å²) in [6.07, 6.45) is 0. The SMILES string of the molecule is C[C@H]([NH2+]CC(=O)N1CCN(c2ccccc2)CC1)c1ccc(Cl)cc1. The van der Waals surface area contributed by atoms with Crippen molar-refractivity contribution in [2.75, 3.05) is 37.6 Å². The standard InChI is InChI=1S/C20H24ClN3O/c1-16(17-7-9-18(21)10-8-17)22-15-20(25)24-13-11-23(12-14-24)19-5-3-2-4-6-19/h2-10,16,22H,11-15H2,1H3/p+1/t16-/m0/s1. The number of rotatable bonds is 5. The molecule has 1 fully saturated rings. The van der Waals surface area contributed by atoms with Crippen molar-refractivity contribution in [3.05, 3.63) is 65.2 Å². The van der Waals surface area contributed by atoms with Gasteiger partial charge in [-0.1, -0.05) is 41.9 Å². The summed E-state index contributed by atoms with van der Waals surface area (Å²) < 4.78 is 0. The molecular weight excluding hydrogens is 334 g/mol. The van der Waals surface area contributed by atoms with E-state index in [2.05, 4.69) is 41.4 Å². The predicted molar refractivity (Wildman–Crippen MR) is 102 cm³/mol. The molecule has 3 rings (SSSR count). The lowest BCUT2D eigenvalue weighted by Gasteiger charge is -2.35. The first-order valence-electron chi connectivity index (χ1n) is 8.80. The van der Waals surface area contributed by atoms with Crippen LogP contribution in [0.25, 0.3) is 0 Å². The van der Waals surface area contributed by atoms with Crippen LogP contribution in [0, 0.1) is 0 Å². The van der Waals surface area contributed by atoms with Crippen molar-refractivity contribution in [2.24, 2.45) is 0 Å². The highest BCUT2D eigenvalue weighted by Gasteiger charge is 2.22. The molecule has 1 aliphatic rings. The first-order valence-corrected chi connectivity index (χ1v) is 9.18. The number of nitrogens with two attached hydrogens (primary N) is 1. The molecule has 132 valence electrons. The van der Waals surface area contributed by atoms with E-state index in [0.29, 0.717) is 6.54 Å². The Labute approximate surface area is 154 Å². The Bertz CT molecular complexity index is 682. The van der Waals surface area contributed by atoms with Crippen LogP contribution in [0.1, 0.15) is 18.5 Å². The van der Waals surface area contributed by atoms with Crippen LogP contribution in [0.2, 0.25) is 5.02 Å². The van der Waals surface area contributed by atoms with Gasteiger partial charge in [-0.15, -0.1) is 0 Å². The number of amides is 1. The maximum atomic E-state index is 12.5. The van der Waals surface area contributed by atoms with E-state index in [1.54, 1.807) is 0 Å². The van der Waals surface area contributed by atoms with Gasteiger partial charge >= 0.3 is 0 Å². The Morgan fingerprint density at radius 1 is 1.04 bits per heavy atom. The predicted octanol–water partition coefficient (Wildman–Crippen LogP) is 2.31. The monoisotopic (exact) mass is 358 g/mol. The molecule has 1 atom stereocenters. The zero-order chi connectivity index (χ0) is 17.6. The third-order valence-electron chi connectivity index (χ3n) is 4.80. The van der Waals surface area contributed by atoms with Gasteiger partial charge in [0.2, 0.25) is 0 Å². The fourth-order valence-electron chi connectivity index (χ4n) is 3.16. The first-order chi connectivity index (χ1) is 12.1. The second-order valence-electron chi connectivity index (χ2n) is 6.48. The van der Waals surface area contributed by atoms with Crippen LogP contribution in [0.15, 0.2) is 54.6 Å². The average Bonchev–Trinajstić information content (AvgIpc) is 2.67. The maximum Gasteiger partial charge on any atom is 0.277 e. The first kappa shape index (κ1) is 17.8. The number of halogens is 1. The molecule has 2 N–H and O–H groups in total. The summed E-state index contributed by atoms with van der Waals surface area (Å²) in [4.78, 5) is 16.8. The number of piperazine rings is 1. The zero-order valence-corrected chi connectivity index (χ0v) is 15.3. The molecule has 0 saturated carbocycles. The lowest BCUT2D eigenvalue weighted by molar-refractivity contribution is -0.683. The molecule has 2 aromatic carbocycles. The molecule has 0 aliphatic carbocycles. The van der Waals surface area contributed by atoms with Crippen molar-refractivity contribution in [3.8, 4) is 0 Å². The van der Waals surface area contributed by atoms with Crippen molar-refractivity contribution in [1.82, 2.24) is 4.90 Å². The Morgan fingerprint density at radius 3 is 2.32 bits per heavy atom. The zero-order valence-electron chi connectivity index (χ0n) is 14.6. The van der Waals surface area contributed by atoms with Gasteiger partial charge in [0.05, 0.1) is 0 Å². The summed E-state index contributed by atoms with van der Waals surface area (Å²) in [7, 11) is 0. The molecule has 0 spiro atoms. The molecule has 2 aromatic rings. The third kappa shape index (κ3) is 4.74. The van der Waals surface area contributed by atoms with Gasteiger partial charge in [-0.25, -0.2) is 0 Å². The quantitative estimate of drug-likeness (QED) is 0.891. The summed E-state index contributed by atoms with van der Waals surface area (Å²) in [5.41, 5.74) is 2.42. The Kier molecular flexibility index (Phi) is 5.95. The van der Waals surface area contributed by atoms with E-state index in [1.807, 2.05) is 35.2 Å². The number of nitrogens with zero attached hydrogens (tertiary/aromatic N) is 2. The summed E-state index contributed by atoms with van der Waals surface area (Å²) in [6.45, 7) is 5.96. The highest BCUT2D eigenvalue weighted by molar-refractivity contribution is 6.30. The van der Waals surface area contributed by atoms with E-state index in [1.165, 1.54) is 11.3 Å². The van der Waals surface area contributed by atoms with Crippen LogP contribution in [0.5, 0.6) is 0 Å². The maximum absolute atomic E-state index is 12.5. The third-order valence-corrected chi connectivity index (χ3v) is 5.05. The topological polar surface area (TPSA) is 40.2 Å². The fourth-order valence-corrected chi connectivity index (χ4v) is 3.29. The van der Waals surface area contributed by atoms with E-state index < -0.39 is 0 Å². The van der Waals surface area contributed by atoms with Crippen molar-refractivity contribution in [3.63, 3.8) is 0 Å². The Hall–Kier alpha value is -2.04. The van der Waals surface area contributed by atoms with Crippen molar-refractivity contribution >= 4 is 23.2 Å². The minimum Gasteiger partial charge on any atom is -0.368 e. The molecule has 1 heterocycles. The molecule has 0 radical (unpaired) electrons. The molecule has 0 bridgehead atoms. The molecule has 1 saturated heterocycles. The number of hydrogen-bond acceptors (Lipinski definition) is 2. The largest absolute Gasteiger partial charge is 0.368 e. The normalized spacial score (nSPS) is 15.9. The summed E-state index contributed by atoms with van der Waals surface area (Å²) >= 11 is 5.93. The molecule has 0 aromatic heterocycles. The van der Waals surface area contributed by atoms with Crippen LogP contribution in [-0.4, -0.2) is 43.5 Å². The second kappa shape index (κ2) is 8.37. The van der Waals surface area contributed by atoms with Crippen molar-refractivity contribution in [2.45, 2.75) is 13.0 Å². The molecule has 5 heteroatoms. The van der Waals surface area contributed by atoms with Gasteiger partial charge in [-0.05, 0) is 31.2 Å². The Balaban J connectivity index is 1.45. The van der Waals surface area contributed by atoms with Crippen LogP contribution in [-0.2, 0) is 4.79 Å². The lowest BCUT2D eigenvalue weighted by Crippen LogP contribution is -2.87. The summed E-state index contributed by atoms with van der Waals surface area (Å²) in [5, 5.41) is 2.83. The van der Waals surface area contributed by atoms with Gasteiger partial charge in [0.1, 0.15) is 6.04 Å². The number of quaternary nitrogens is 1. The van der Waals surface area contributed by atoms with Gasteiger partial charge in [0.15, 0.2) is 6.54 Å². The molecular formula is C20H25ClN3O+. The van der Waals surface area contributed by atoms with E-state index in [4.69, 9.17) is 11.6 Å². The van der Waals surface area contributed by atoms with Gasteiger partial charge in [-0.2, -0.15) is 0 Å². The second-order valence-corrected chi connectivity index (χ2v) is 6.92. The molecule has 4 nitrogen and oxygen atoms in total. The number of hydrogen-bond donors (Lipinski definition) is 1. The molecule has 25 heavy (non-hydrogen) atoms. The number of anilines is 1. The smallest absolute Gasteiger partial charge is 0.277 e. The van der Waals surface area contributed by atoms with E-state index in [-0.39, 0.29) is 11.9 Å². The lowest BCUT2D eigenvalue weighted by atomic mass is 10.1. The van der Waals surface area contributed by atoms with Crippen LogP contribution in [0.3, 0.4) is 0 Å². The van der Waals surface area contributed by atoms with Gasteiger partial charge in [0.25, 0.3) is 5.91 Å².